The smallest absolute Gasteiger partial charge is 0.270 e. The molecule has 1 aliphatic heterocycles. The molecule has 0 aliphatic carbocycles. The molecule has 0 bridgehead atoms. The lowest BCUT2D eigenvalue weighted by atomic mass is 10.1. The van der Waals surface area contributed by atoms with E-state index >= 15 is 0 Å². The number of benzene rings is 3. The number of nitrogens with zero attached hydrogens (tertiary/aromatic N) is 2. The van der Waals surface area contributed by atoms with Crippen LogP contribution < -0.4 is 10.6 Å². The van der Waals surface area contributed by atoms with Gasteiger partial charge in [0.25, 0.3) is 5.91 Å². The van der Waals surface area contributed by atoms with Crippen molar-refractivity contribution in [1.82, 2.24) is 4.98 Å². The largest absolute Gasteiger partial charge is 0.456 e. The molecule has 0 saturated carbocycles. The van der Waals surface area contributed by atoms with Gasteiger partial charge in [-0.25, -0.2) is 9.98 Å². The van der Waals surface area contributed by atoms with Crippen molar-refractivity contribution in [3.8, 4) is 22.8 Å². The molecule has 0 unspecified atom stereocenters. The number of carbonyl (C=O) groups is 1. The van der Waals surface area contributed by atoms with Crippen molar-refractivity contribution in [3.63, 3.8) is 0 Å². The van der Waals surface area contributed by atoms with E-state index in [1.54, 1.807) is 0 Å². The molecule has 5 nitrogen and oxygen atoms in total. The molecule has 1 aliphatic rings. The van der Waals surface area contributed by atoms with Crippen LogP contribution in [0.15, 0.2) is 80.6 Å². The number of hydrogen-bond donors (Lipinski definition) is 0. The molecular formula is C23H12N2O3. The normalized spacial score (nSPS) is 12.9. The number of furan rings is 1. The lowest BCUT2D eigenvalue weighted by Crippen LogP contribution is -2.20. The highest BCUT2D eigenvalue weighted by Gasteiger charge is 2.12. The zero-order valence-corrected chi connectivity index (χ0v) is 14.5. The fourth-order valence-electron chi connectivity index (χ4n) is 3.50. The van der Waals surface area contributed by atoms with Gasteiger partial charge in [0.2, 0.25) is 5.89 Å². The second-order valence-corrected chi connectivity index (χ2v) is 6.72. The van der Waals surface area contributed by atoms with Gasteiger partial charge in [-0.1, -0.05) is 30.3 Å². The maximum absolute atomic E-state index is 11.5. The Labute approximate surface area is 158 Å². The topological polar surface area (TPSA) is 68.6 Å². The van der Waals surface area contributed by atoms with Gasteiger partial charge < -0.3 is 8.83 Å². The quantitative estimate of drug-likeness (QED) is 0.477. The summed E-state index contributed by atoms with van der Waals surface area (Å²) in [6, 6.07) is 21.2. The van der Waals surface area contributed by atoms with E-state index in [-0.39, 0.29) is 5.91 Å². The van der Waals surface area contributed by atoms with E-state index in [0.717, 1.165) is 44.2 Å². The van der Waals surface area contributed by atoms with Crippen LogP contribution in [-0.2, 0) is 4.79 Å². The van der Waals surface area contributed by atoms with Gasteiger partial charge in [0.05, 0.1) is 5.36 Å². The van der Waals surface area contributed by atoms with Gasteiger partial charge in [0.15, 0.2) is 5.58 Å². The van der Waals surface area contributed by atoms with Gasteiger partial charge in [0, 0.05) is 27.8 Å². The van der Waals surface area contributed by atoms with Crippen LogP contribution in [0.4, 0.5) is 0 Å². The van der Waals surface area contributed by atoms with Gasteiger partial charge in [-0.3, -0.25) is 4.79 Å². The van der Waals surface area contributed by atoms with Crippen molar-refractivity contribution >= 4 is 34.1 Å². The van der Waals surface area contributed by atoms with Crippen LogP contribution in [0, 0.1) is 0 Å². The van der Waals surface area contributed by atoms with Gasteiger partial charge in [0.1, 0.15) is 16.9 Å². The summed E-state index contributed by atoms with van der Waals surface area (Å²) in [4.78, 5) is 20.0. The van der Waals surface area contributed by atoms with Crippen molar-refractivity contribution in [1.29, 1.82) is 0 Å². The first-order chi connectivity index (χ1) is 13.7. The molecular weight excluding hydrogens is 352 g/mol. The Morgan fingerprint density at radius 2 is 1.68 bits per heavy atom. The van der Waals surface area contributed by atoms with Crippen molar-refractivity contribution in [2.45, 2.75) is 0 Å². The maximum Gasteiger partial charge on any atom is 0.270 e. The summed E-state index contributed by atoms with van der Waals surface area (Å²) in [5.74, 6) is 1.06. The van der Waals surface area contributed by atoms with Crippen LogP contribution in [0.3, 0.4) is 0 Å². The number of carbonyl (C=O) groups excluding carboxylic acids is 1. The number of oxazole rings is 1. The molecule has 3 heterocycles. The first-order valence-electron chi connectivity index (χ1n) is 8.87. The summed E-state index contributed by atoms with van der Waals surface area (Å²) >= 11 is 0. The zero-order valence-electron chi connectivity index (χ0n) is 14.5. The fourth-order valence-corrected chi connectivity index (χ4v) is 3.50. The van der Waals surface area contributed by atoms with Crippen LogP contribution in [0.5, 0.6) is 0 Å². The molecule has 0 spiro atoms. The molecule has 0 radical (unpaired) electrons. The minimum Gasteiger partial charge on any atom is -0.456 e. The Hall–Kier alpha value is -3.99. The number of aromatic nitrogens is 1. The Morgan fingerprint density at radius 1 is 0.786 bits per heavy atom. The number of para-hydroxylation sites is 2. The minimum atomic E-state index is -0.222. The highest BCUT2D eigenvalue weighted by Crippen LogP contribution is 2.31. The van der Waals surface area contributed by atoms with E-state index in [1.807, 2.05) is 66.7 Å². The standard InChI is InChI=1S/C23H12N2O3/c26-22-12-13-5-6-14(9-18(13)24-22)20-10-15-7-8-16(11-21(15)27-20)23-25-17-3-1-2-4-19(17)28-23/h1-12H. The van der Waals surface area contributed by atoms with Gasteiger partial charge in [-0.15, -0.1) is 0 Å². The van der Waals surface area contributed by atoms with Gasteiger partial charge in [-0.2, -0.15) is 0 Å². The van der Waals surface area contributed by atoms with E-state index in [1.165, 1.54) is 6.08 Å². The van der Waals surface area contributed by atoms with Gasteiger partial charge in [-0.05, 0) is 36.4 Å². The summed E-state index contributed by atoms with van der Waals surface area (Å²) in [6.45, 7) is 0. The van der Waals surface area contributed by atoms with Crippen molar-refractivity contribution in [2.24, 2.45) is 4.99 Å². The van der Waals surface area contributed by atoms with Gasteiger partial charge >= 0.3 is 0 Å². The third-order valence-electron chi connectivity index (χ3n) is 4.89. The molecule has 0 fully saturated rings. The summed E-state index contributed by atoms with van der Waals surface area (Å²) in [5.41, 5.74) is 4.06. The molecule has 0 N–H and O–H groups in total. The number of rotatable bonds is 2. The first-order valence-corrected chi connectivity index (χ1v) is 8.87. The molecule has 3 aromatic carbocycles. The predicted octanol–water partition coefficient (Wildman–Crippen LogP) is 3.85. The van der Waals surface area contributed by atoms with E-state index in [0.29, 0.717) is 11.2 Å². The molecule has 0 atom stereocenters. The molecule has 2 aromatic heterocycles. The lowest BCUT2D eigenvalue weighted by molar-refractivity contribution is -0.112. The lowest BCUT2D eigenvalue weighted by Gasteiger charge is -1.96. The third-order valence-corrected chi connectivity index (χ3v) is 4.89. The average Bonchev–Trinajstić information content (AvgIpc) is 3.41. The van der Waals surface area contributed by atoms with E-state index < -0.39 is 0 Å². The van der Waals surface area contributed by atoms with Crippen molar-refractivity contribution in [2.75, 3.05) is 0 Å². The van der Waals surface area contributed by atoms with Crippen LogP contribution in [0.25, 0.3) is 50.9 Å². The Balaban J connectivity index is 1.46. The molecule has 1 amide bonds. The average molecular weight is 364 g/mol. The number of amides is 1. The van der Waals surface area contributed by atoms with Crippen LogP contribution >= 0.6 is 0 Å². The Kier molecular flexibility index (Phi) is 2.97. The zero-order chi connectivity index (χ0) is 18.7. The number of fused-ring (bicyclic) bond motifs is 3. The summed E-state index contributed by atoms with van der Waals surface area (Å²) in [6.07, 6.45) is 1.53. The van der Waals surface area contributed by atoms with Crippen LogP contribution in [0.2, 0.25) is 0 Å². The minimum absolute atomic E-state index is 0.222. The second kappa shape index (κ2) is 5.50. The SMILES string of the molecule is O=C1C=c2ccc(-c3cc4ccc(-c5nc6ccccc6o5)cc4o3)cc2=N1. The predicted molar refractivity (Wildman–Crippen MR) is 105 cm³/mol. The number of hydrogen-bond acceptors (Lipinski definition) is 4. The van der Waals surface area contributed by atoms with E-state index in [2.05, 4.69) is 9.98 Å². The molecule has 28 heavy (non-hydrogen) atoms. The maximum atomic E-state index is 11.5. The van der Waals surface area contributed by atoms with Crippen LogP contribution in [0.1, 0.15) is 0 Å². The Bertz CT molecular complexity index is 1510. The van der Waals surface area contributed by atoms with E-state index in [9.17, 15) is 4.79 Å². The van der Waals surface area contributed by atoms with E-state index in [4.69, 9.17) is 8.83 Å². The fraction of sp³-hybridized carbons (Fsp3) is 0. The highest BCUT2D eigenvalue weighted by molar-refractivity contribution is 6.06. The highest BCUT2D eigenvalue weighted by atomic mass is 16.3. The Morgan fingerprint density at radius 3 is 2.61 bits per heavy atom. The third kappa shape index (κ3) is 2.30. The summed E-state index contributed by atoms with van der Waals surface area (Å²) < 4.78 is 11.9. The second-order valence-electron chi connectivity index (χ2n) is 6.72. The van der Waals surface area contributed by atoms with Crippen molar-refractivity contribution in [3.05, 3.63) is 77.3 Å². The van der Waals surface area contributed by atoms with Crippen LogP contribution in [-0.4, -0.2) is 10.9 Å². The molecule has 6 rings (SSSR count). The monoisotopic (exact) mass is 364 g/mol. The molecule has 5 heteroatoms. The molecule has 0 saturated heterocycles. The molecule has 5 aromatic rings. The molecule has 132 valence electrons. The van der Waals surface area contributed by atoms with Crippen molar-refractivity contribution < 1.29 is 13.6 Å². The first kappa shape index (κ1) is 15.1. The summed E-state index contributed by atoms with van der Waals surface area (Å²) in [7, 11) is 0. The summed E-state index contributed by atoms with van der Waals surface area (Å²) in [5, 5.41) is 2.49.